The minimum Gasteiger partial charge on any atom is -0.382 e. The van der Waals surface area contributed by atoms with E-state index in [0.717, 1.165) is 36.8 Å². The molecule has 0 bridgehead atoms. The molecule has 0 spiro atoms. The highest BCUT2D eigenvalue weighted by Gasteiger charge is 2.09. The first-order valence-corrected chi connectivity index (χ1v) is 8.67. The molecule has 25 heavy (non-hydrogen) atoms. The first-order chi connectivity index (χ1) is 12.2. The van der Waals surface area contributed by atoms with Crippen molar-refractivity contribution in [1.29, 1.82) is 0 Å². The molecule has 0 unspecified atom stereocenters. The topological polar surface area (TPSA) is 41.1 Å². The molecule has 0 saturated carbocycles. The lowest BCUT2D eigenvalue weighted by atomic mass is 10.2. The van der Waals surface area contributed by atoms with Crippen LogP contribution in [0.2, 0.25) is 5.02 Å². The quantitative estimate of drug-likeness (QED) is 0.677. The largest absolute Gasteiger partial charge is 0.382 e. The molecule has 0 aliphatic rings. The molecular weight excluding hydrogens is 332 g/mol. The molecule has 128 valence electrons. The number of benzene rings is 1. The highest BCUT2D eigenvalue weighted by molar-refractivity contribution is 6.33. The molecule has 0 atom stereocenters. The molecule has 4 nitrogen and oxygen atoms in total. The number of anilines is 2. The van der Waals surface area contributed by atoms with Crippen LogP contribution in [0.5, 0.6) is 0 Å². The van der Waals surface area contributed by atoms with Gasteiger partial charge in [-0.15, -0.1) is 0 Å². The number of aromatic nitrogens is 2. The second-order valence-corrected chi connectivity index (χ2v) is 6.16. The fraction of sp³-hybridized carbons (Fsp3) is 0.200. The van der Waals surface area contributed by atoms with Crippen LogP contribution >= 0.6 is 11.6 Å². The summed E-state index contributed by atoms with van der Waals surface area (Å²) >= 11 is 6.30. The fourth-order valence-electron chi connectivity index (χ4n) is 2.63. The molecule has 0 fully saturated rings. The van der Waals surface area contributed by atoms with Crippen molar-refractivity contribution in [2.45, 2.75) is 13.5 Å². The third kappa shape index (κ3) is 4.70. The van der Waals surface area contributed by atoms with Crippen LogP contribution in [0.25, 0.3) is 0 Å². The Balaban J connectivity index is 1.68. The molecule has 0 aliphatic heterocycles. The number of rotatable bonds is 7. The van der Waals surface area contributed by atoms with Gasteiger partial charge in [-0.2, -0.15) is 0 Å². The molecule has 0 amide bonds. The summed E-state index contributed by atoms with van der Waals surface area (Å²) in [5, 5.41) is 4.07. The highest BCUT2D eigenvalue weighted by atomic mass is 35.5. The SMILES string of the molecule is Cc1nccc(NCCN(Cc2ccccc2)c2ccccn2)c1Cl. The summed E-state index contributed by atoms with van der Waals surface area (Å²) in [4.78, 5) is 10.9. The van der Waals surface area contributed by atoms with E-state index in [4.69, 9.17) is 11.6 Å². The average Bonchev–Trinajstić information content (AvgIpc) is 2.66. The van der Waals surface area contributed by atoms with E-state index in [1.807, 2.05) is 43.5 Å². The van der Waals surface area contributed by atoms with E-state index >= 15 is 0 Å². The van der Waals surface area contributed by atoms with Crippen LogP contribution in [0.1, 0.15) is 11.3 Å². The predicted octanol–water partition coefficient (Wildman–Crippen LogP) is 4.56. The Labute approximate surface area is 153 Å². The van der Waals surface area contributed by atoms with E-state index in [2.05, 4.69) is 44.5 Å². The highest BCUT2D eigenvalue weighted by Crippen LogP contribution is 2.23. The Morgan fingerprint density at radius 2 is 1.76 bits per heavy atom. The summed E-state index contributed by atoms with van der Waals surface area (Å²) < 4.78 is 0. The number of nitrogens with zero attached hydrogens (tertiary/aromatic N) is 3. The van der Waals surface area contributed by atoms with Gasteiger partial charge in [0.15, 0.2) is 0 Å². The summed E-state index contributed by atoms with van der Waals surface area (Å²) in [6.07, 6.45) is 3.59. The normalized spacial score (nSPS) is 10.5. The van der Waals surface area contributed by atoms with E-state index < -0.39 is 0 Å². The fourth-order valence-corrected chi connectivity index (χ4v) is 2.81. The van der Waals surface area contributed by atoms with Gasteiger partial charge < -0.3 is 10.2 Å². The van der Waals surface area contributed by atoms with E-state index in [1.165, 1.54) is 5.56 Å². The summed E-state index contributed by atoms with van der Waals surface area (Å²) in [6.45, 7) is 4.28. The third-order valence-corrected chi connectivity index (χ3v) is 4.43. The predicted molar refractivity (Wildman–Crippen MR) is 104 cm³/mol. The smallest absolute Gasteiger partial charge is 0.128 e. The lowest BCUT2D eigenvalue weighted by molar-refractivity contribution is 0.790. The first kappa shape index (κ1) is 17.2. The number of halogens is 1. The molecule has 5 heteroatoms. The van der Waals surface area contributed by atoms with Crippen molar-refractivity contribution in [1.82, 2.24) is 9.97 Å². The molecule has 0 saturated heterocycles. The van der Waals surface area contributed by atoms with Crippen LogP contribution in [0.4, 0.5) is 11.5 Å². The number of hydrogen-bond donors (Lipinski definition) is 1. The summed E-state index contributed by atoms with van der Waals surface area (Å²) in [5.41, 5.74) is 3.00. The Morgan fingerprint density at radius 3 is 2.52 bits per heavy atom. The number of aryl methyl sites for hydroxylation is 1. The van der Waals surface area contributed by atoms with Crippen molar-refractivity contribution in [3.63, 3.8) is 0 Å². The Hall–Kier alpha value is -2.59. The van der Waals surface area contributed by atoms with Gasteiger partial charge in [-0.05, 0) is 30.7 Å². The van der Waals surface area contributed by atoms with Gasteiger partial charge in [0, 0.05) is 32.0 Å². The lowest BCUT2D eigenvalue weighted by Crippen LogP contribution is -2.29. The van der Waals surface area contributed by atoms with Crippen LogP contribution < -0.4 is 10.2 Å². The zero-order valence-electron chi connectivity index (χ0n) is 14.2. The van der Waals surface area contributed by atoms with Crippen molar-refractivity contribution in [3.05, 3.63) is 83.3 Å². The van der Waals surface area contributed by atoms with Crippen LogP contribution in [-0.2, 0) is 6.54 Å². The maximum absolute atomic E-state index is 6.30. The molecule has 0 radical (unpaired) electrons. The summed E-state index contributed by atoms with van der Waals surface area (Å²) in [6, 6.07) is 18.3. The van der Waals surface area contributed by atoms with Crippen molar-refractivity contribution in [2.24, 2.45) is 0 Å². The minimum atomic E-state index is 0.676. The van der Waals surface area contributed by atoms with Gasteiger partial charge in [0.05, 0.1) is 16.4 Å². The van der Waals surface area contributed by atoms with E-state index in [1.54, 1.807) is 6.20 Å². The molecular formula is C20H21ClN4. The van der Waals surface area contributed by atoms with Gasteiger partial charge in [-0.1, -0.05) is 48.0 Å². The Kier molecular flexibility index (Phi) is 5.86. The monoisotopic (exact) mass is 352 g/mol. The van der Waals surface area contributed by atoms with Crippen LogP contribution in [0, 0.1) is 6.92 Å². The molecule has 2 heterocycles. The van der Waals surface area contributed by atoms with Gasteiger partial charge in [-0.25, -0.2) is 4.98 Å². The molecule has 2 aromatic heterocycles. The Bertz CT molecular complexity index is 793. The number of nitrogens with one attached hydrogen (secondary N) is 1. The number of pyridine rings is 2. The van der Waals surface area contributed by atoms with E-state index in [9.17, 15) is 0 Å². The standard InChI is InChI=1S/C20H21ClN4/c1-16-20(21)18(10-12-22-16)23-13-14-25(19-9-5-6-11-24-19)15-17-7-3-2-4-8-17/h2-12H,13-15H2,1H3,(H,22,23). The minimum absolute atomic E-state index is 0.676. The summed E-state index contributed by atoms with van der Waals surface area (Å²) in [7, 11) is 0. The van der Waals surface area contributed by atoms with Gasteiger partial charge in [0.25, 0.3) is 0 Å². The molecule has 3 aromatic rings. The molecule has 0 aliphatic carbocycles. The van der Waals surface area contributed by atoms with E-state index in [-0.39, 0.29) is 0 Å². The Morgan fingerprint density at radius 1 is 0.960 bits per heavy atom. The van der Waals surface area contributed by atoms with Gasteiger partial charge in [-0.3, -0.25) is 4.98 Å². The lowest BCUT2D eigenvalue weighted by Gasteiger charge is -2.24. The average molecular weight is 353 g/mol. The molecule has 3 rings (SSSR count). The second kappa shape index (κ2) is 8.49. The van der Waals surface area contributed by atoms with Crippen LogP contribution in [-0.4, -0.2) is 23.1 Å². The third-order valence-electron chi connectivity index (χ3n) is 3.95. The van der Waals surface area contributed by atoms with Gasteiger partial charge in [0.1, 0.15) is 5.82 Å². The zero-order valence-corrected chi connectivity index (χ0v) is 14.9. The molecule has 1 N–H and O–H groups in total. The number of hydrogen-bond acceptors (Lipinski definition) is 4. The first-order valence-electron chi connectivity index (χ1n) is 8.29. The second-order valence-electron chi connectivity index (χ2n) is 5.78. The van der Waals surface area contributed by atoms with Crippen molar-refractivity contribution in [2.75, 3.05) is 23.3 Å². The molecule has 1 aromatic carbocycles. The van der Waals surface area contributed by atoms with Gasteiger partial charge in [0.2, 0.25) is 0 Å². The van der Waals surface area contributed by atoms with Crippen LogP contribution in [0.15, 0.2) is 67.0 Å². The van der Waals surface area contributed by atoms with E-state index in [0.29, 0.717) is 5.02 Å². The summed E-state index contributed by atoms with van der Waals surface area (Å²) in [5.74, 6) is 0.963. The zero-order chi connectivity index (χ0) is 17.5. The maximum atomic E-state index is 6.30. The van der Waals surface area contributed by atoms with Crippen molar-refractivity contribution < 1.29 is 0 Å². The van der Waals surface area contributed by atoms with Crippen LogP contribution in [0.3, 0.4) is 0 Å². The van der Waals surface area contributed by atoms with Crippen molar-refractivity contribution in [3.8, 4) is 0 Å². The van der Waals surface area contributed by atoms with Crippen molar-refractivity contribution >= 4 is 23.1 Å². The maximum Gasteiger partial charge on any atom is 0.128 e. The van der Waals surface area contributed by atoms with Gasteiger partial charge >= 0.3 is 0 Å².